The lowest BCUT2D eigenvalue weighted by Crippen LogP contribution is -2.39. The van der Waals surface area contributed by atoms with Crippen LogP contribution in [0.25, 0.3) is 21.0 Å². The highest BCUT2D eigenvalue weighted by molar-refractivity contribution is 7.22. The van der Waals surface area contributed by atoms with Crippen LogP contribution in [0.4, 0.5) is 5.13 Å². The van der Waals surface area contributed by atoms with Crippen molar-refractivity contribution in [2.24, 2.45) is 0 Å². The van der Waals surface area contributed by atoms with Crippen LogP contribution in [0.1, 0.15) is 17.5 Å². The van der Waals surface area contributed by atoms with Gasteiger partial charge in [0.05, 0.1) is 29.9 Å². The van der Waals surface area contributed by atoms with Crippen molar-refractivity contribution in [3.05, 3.63) is 70.7 Å². The Balaban J connectivity index is 0.00000289. The van der Waals surface area contributed by atoms with Gasteiger partial charge in [0.15, 0.2) is 5.13 Å². The zero-order valence-corrected chi connectivity index (χ0v) is 22.1. The van der Waals surface area contributed by atoms with Crippen molar-refractivity contribution in [1.82, 2.24) is 9.88 Å². The lowest BCUT2D eigenvalue weighted by Gasteiger charge is -2.27. The van der Waals surface area contributed by atoms with Crippen molar-refractivity contribution in [1.29, 1.82) is 0 Å². The largest absolute Gasteiger partial charge is 0.379 e. The molecule has 3 aromatic carbocycles. The van der Waals surface area contributed by atoms with E-state index in [1.54, 1.807) is 11.3 Å². The van der Waals surface area contributed by atoms with E-state index in [2.05, 4.69) is 29.2 Å². The number of aryl methyl sites for hydroxylation is 1. The molecule has 0 aliphatic carbocycles. The number of morpholine rings is 1. The van der Waals surface area contributed by atoms with Crippen LogP contribution in [-0.4, -0.2) is 55.2 Å². The molecule has 8 heteroatoms. The van der Waals surface area contributed by atoms with Crippen LogP contribution in [0.2, 0.25) is 5.02 Å². The molecule has 35 heavy (non-hydrogen) atoms. The van der Waals surface area contributed by atoms with Gasteiger partial charge >= 0.3 is 0 Å². The molecule has 0 radical (unpaired) electrons. The fourth-order valence-corrected chi connectivity index (χ4v) is 5.73. The molecule has 1 aliphatic heterocycles. The molecule has 5 rings (SSSR count). The number of hydrogen-bond donors (Lipinski definition) is 0. The Morgan fingerprint density at radius 2 is 1.89 bits per heavy atom. The maximum Gasteiger partial charge on any atom is 0.233 e. The number of thiazole rings is 1. The number of ether oxygens (including phenoxy) is 1. The average molecular weight is 531 g/mol. The maximum atomic E-state index is 13.7. The fourth-order valence-electron chi connectivity index (χ4n) is 4.51. The van der Waals surface area contributed by atoms with Crippen LogP contribution < -0.4 is 4.90 Å². The van der Waals surface area contributed by atoms with E-state index in [1.165, 1.54) is 0 Å². The molecule has 0 unspecified atom stereocenters. The minimum atomic E-state index is 0. The van der Waals surface area contributed by atoms with E-state index in [-0.39, 0.29) is 18.3 Å². The maximum absolute atomic E-state index is 13.7. The zero-order chi connectivity index (χ0) is 23.5. The molecule has 4 aromatic rings. The molecule has 0 spiro atoms. The molecule has 1 saturated heterocycles. The third-order valence-electron chi connectivity index (χ3n) is 6.45. The number of fused-ring (bicyclic) bond motifs is 2. The van der Waals surface area contributed by atoms with Gasteiger partial charge in [-0.25, -0.2) is 4.98 Å². The molecule has 184 valence electrons. The summed E-state index contributed by atoms with van der Waals surface area (Å²) in [5.74, 6) is 0.0705. The smallest absolute Gasteiger partial charge is 0.233 e. The predicted molar refractivity (Wildman–Crippen MR) is 148 cm³/mol. The van der Waals surface area contributed by atoms with Gasteiger partial charge in [-0.05, 0) is 47.4 Å². The predicted octanol–water partition coefficient (Wildman–Crippen LogP) is 6.13. The number of anilines is 1. The number of nitrogens with zero attached hydrogens (tertiary/aromatic N) is 3. The van der Waals surface area contributed by atoms with Gasteiger partial charge in [-0.2, -0.15) is 0 Å². The number of halogens is 2. The summed E-state index contributed by atoms with van der Waals surface area (Å²) < 4.78 is 6.51. The van der Waals surface area contributed by atoms with Crippen molar-refractivity contribution in [3.8, 4) is 0 Å². The number of aromatic nitrogens is 1. The molecule has 0 N–H and O–H groups in total. The fraction of sp³-hybridized carbons (Fsp3) is 0.333. The second-order valence-electron chi connectivity index (χ2n) is 8.68. The number of amides is 1. The normalized spacial score (nSPS) is 14.2. The summed E-state index contributed by atoms with van der Waals surface area (Å²) in [6.45, 7) is 7.01. The van der Waals surface area contributed by atoms with E-state index < -0.39 is 0 Å². The molecule has 1 amide bonds. The first-order valence-corrected chi connectivity index (χ1v) is 12.9. The number of benzene rings is 3. The Kier molecular flexibility index (Phi) is 8.63. The molecule has 1 aromatic heterocycles. The molecule has 0 saturated carbocycles. The van der Waals surface area contributed by atoms with Crippen molar-refractivity contribution in [2.75, 3.05) is 44.3 Å². The van der Waals surface area contributed by atoms with Crippen molar-refractivity contribution in [3.63, 3.8) is 0 Å². The van der Waals surface area contributed by atoms with Crippen molar-refractivity contribution in [2.45, 2.75) is 19.8 Å². The molecule has 1 aliphatic rings. The number of carbonyl (C=O) groups is 1. The third-order valence-corrected chi connectivity index (χ3v) is 7.90. The Labute approximate surface area is 221 Å². The Morgan fingerprint density at radius 1 is 1.11 bits per heavy atom. The highest BCUT2D eigenvalue weighted by Crippen LogP contribution is 2.34. The van der Waals surface area contributed by atoms with Gasteiger partial charge in [0, 0.05) is 31.2 Å². The van der Waals surface area contributed by atoms with Crippen LogP contribution in [0.15, 0.2) is 54.6 Å². The van der Waals surface area contributed by atoms with Gasteiger partial charge in [-0.1, -0.05) is 65.4 Å². The molecular formula is C27H29Cl2N3O2S. The summed E-state index contributed by atoms with van der Waals surface area (Å²) in [5.41, 5.74) is 2.88. The molecular weight excluding hydrogens is 501 g/mol. The lowest BCUT2D eigenvalue weighted by atomic mass is 10.0. The Morgan fingerprint density at radius 3 is 2.71 bits per heavy atom. The van der Waals surface area contributed by atoms with E-state index in [1.807, 2.05) is 42.2 Å². The first kappa shape index (κ1) is 25.9. The number of hydrogen-bond acceptors (Lipinski definition) is 5. The molecule has 0 atom stereocenters. The second-order valence-corrected chi connectivity index (χ2v) is 10.1. The Hall–Kier alpha value is -2.22. The quantitative estimate of drug-likeness (QED) is 0.288. The summed E-state index contributed by atoms with van der Waals surface area (Å²) in [5, 5.41) is 3.72. The highest BCUT2D eigenvalue weighted by atomic mass is 35.5. The highest BCUT2D eigenvalue weighted by Gasteiger charge is 2.22. The third kappa shape index (κ3) is 5.79. The average Bonchev–Trinajstić information content (AvgIpc) is 3.30. The number of carbonyl (C=O) groups excluding carboxylic acids is 1. The van der Waals surface area contributed by atoms with Gasteiger partial charge in [0.1, 0.15) is 0 Å². The summed E-state index contributed by atoms with van der Waals surface area (Å²) in [6.07, 6.45) is 1.23. The molecule has 0 bridgehead atoms. The van der Waals surface area contributed by atoms with Gasteiger partial charge in [0.25, 0.3) is 0 Å². The van der Waals surface area contributed by atoms with Crippen LogP contribution in [0.3, 0.4) is 0 Å². The Bertz CT molecular complexity index is 1320. The monoisotopic (exact) mass is 529 g/mol. The van der Waals surface area contributed by atoms with Gasteiger partial charge in [0.2, 0.25) is 5.91 Å². The topological polar surface area (TPSA) is 45.7 Å². The van der Waals surface area contributed by atoms with E-state index in [4.69, 9.17) is 21.3 Å². The van der Waals surface area contributed by atoms with Gasteiger partial charge in [-0.15, -0.1) is 12.4 Å². The van der Waals surface area contributed by atoms with Crippen LogP contribution >= 0.6 is 35.3 Å². The van der Waals surface area contributed by atoms with Crippen molar-refractivity contribution >= 4 is 67.4 Å². The van der Waals surface area contributed by atoms with E-state index in [0.29, 0.717) is 18.0 Å². The minimum Gasteiger partial charge on any atom is -0.379 e. The number of rotatable bonds is 7. The zero-order valence-electron chi connectivity index (χ0n) is 19.7. The standard InChI is InChI=1S/C27H28ClN3O2S.ClH/c1-19-23(28)10-11-24-26(19)29-27(34-24)31(13-5-12-30-14-16-33-17-15-30)25(32)18-21-8-4-7-20-6-2-3-9-22(20)21;/h2-4,6-11H,5,12-18H2,1H3;1H. The van der Waals surface area contributed by atoms with Crippen LogP contribution in [-0.2, 0) is 16.0 Å². The SMILES string of the molecule is Cc1c(Cl)ccc2sc(N(CCCN3CCOCC3)C(=O)Cc3cccc4ccccc34)nc12.Cl. The lowest BCUT2D eigenvalue weighted by molar-refractivity contribution is -0.118. The van der Waals surface area contributed by atoms with E-state index in [0.717, 1.165) is 76.5 Å². The summed E-state index contributed by atoms with van der Waals surface area (Å²) in [7, 11) is 0. The summed E-state index contributed by atoms with van der Waals surface area (Å²) >= 11 is 7.90. The van der Waals surface area contributed by atoms with E-state index in [9.17, 15) is 4.79 Å². The molecule has 5 nitrogen and oxygen atoms in total. The van der Waals surface area contributed by atoms with Gasteiger partial charge in [-0.3, -0.25) is 14.6 Å². The first-order chi connectivity index (χ1) is 16.6. The minimum absolute atomic E-state index is 0. The first-order valence-electron chi connectivity index (χ1n) is 11.7. The van der Waals surface area contributed by atoms with Crippen LogP contribution in [0.5, 0.6) is 0 Å². The van der Waals surface area contributed by atoms with Gasteiger partial charge < -0.3 is 4.74 Å². The summed E-state index contributed by atoms with van der Waals surface area (Å²) in [6, 6.07) is 18.3. The van der Waals surface area contributed by atoms with E-state index >= 15 is 0 Å². The second kappa shape index (κ2) is 11.7. The van der Waals surface area contributed by atoms with Crippen molar-refractivity contribution < 1.29 is 9.53 Å². The summed E-state index contributed by atoms with van der Waals surface area (Å²) in [4.78, 5) is 22.8. The molecule has 1 fully saturated rings. The molecule has 2 heterocycles. The van der Waals surface area contributed by atoms with Crippen LogP contribution in [0, 0.1) is 6.92 Å².